The molecule has 12 heteroatoms. The van der Waals surface area contributed by atoms with Crippen molar-refractivity contribution in [2.45, 2.75) is 63.7 Å². The van der Waals surface area contributed by atoms with Crippen molar-refractivity contribution in [2.75, 3.05) is 0 Å². The molecule has 0 radical (unpaired) electrons. The van der Waals surface area contributed by atoms with Gasteiger partial charge in [0, 0.05) is 48.3 Å². The van der Waals surface area contributed by atoms with Crippen molar-refractivity contribution in [3.63, 3.8) is 0 Å². The van der Waals surface area contributed by atoms with E-state index in [1.54, 1.807) is 30.5 Å². The highest BCUT2D eigenvalue weighted by molar-refractivity contribution is 5.95. The number of aromatic amines is 2. The van der Waals surface area contributed by atoms with E-state index < -0.39 is 47.9 Å². The van der Waals surface area contributed by atoms with Crippen molar-refractivity contribution in [1.82, 2.24) is 30.9 Å². The van der Waals surface area contributed by atoms with Gasteiger partial charge in [0.2, 0.25) is 17.7 Å². The Balaban J connectivity index is 1.60. The van der Waals surface area contributed by atoms with Crippen LogP contribution >= 0.6 is 0 Å². The SMILES string of the molecule is CCC(C)C(N)C(=O)NC(Cc1cnc[nH]1)C(=O)NC(Cc1c[nH]c2ccccc12)C(=O)NC(Cc1ccccc1)C(=O)O. The number of aliphatic carboxylic acids is 1. The van der Waals surface area contributed by atoms with E-state index in [0.717, 1.165) is 22.0 Å². The Kier molecular flexibility index (Phi) is 10.9. The molecule has 4 aromatic rings. The molecule has 0 aliphatic carbocycles. The Morgan fingerprint density at radius 1 is 0.841 bits per heavy atom. The molecule has 3 amide bonds. The van der Waals surface area contributed by atoms with Crippen LogP contribution < -0.4 is 21.7 Å². The standard InChI is InChI=1S/C32H39N7O5/c1-3-19(2)28(33)31(42)38-26(15-22-17-34-18-36-22)30(41)37-25(14-21-16-35-24-12-8-7-11-23(21)24)29(40)39-27(32(43)44)13-20-9-5-4-6-10-20/h4-12,16-19,25-28,35H,3,13-15,33H2,1-2H3,(H,34,36)(H,37,41)(H,38,42)(H,39,40)(H,43,44). The molecule has 4 rings (SSSR count). The molecule has 0 spiro atoms. The molecule has 8 N–H and O–H groups in total. The summed E-state index contributed by atoms with van der Waals surface area (Å²) in [7, 11) is 0. The van der Waals surface area contributed by atoms with E-state index in [1.165, 1.54) is 12.5 Å². The minimum Gasteiger partial charge on any atom is -0.480 e. The molecule has 12 nitrogen and oxygen atoms in total. The average Bonchev–Trinajstić information content (AvgIpc) is 3.69. The zero-order valence-corrected chi connectivity index (χ0v) is 24.7. The molecule has 0 saturated carbocycles. The number of hydrogen-bond donors (Lipinski definition) is 7. The zero-order chi connectivity index (χ0) is 31.6. The first-order chi connectivity index (χ1) is 21.2. The van der Waals surface area contributed by atoms with Crippen LogP contribution in [0, 0.1) is 5.92 Å². The number of carboxylic acid groups (broad SMARTS) is 1. The van der Waals surface area contributed by atoms with Crippen molar-refractivity contribution in [1.29, 1.82) is 0 Å². The molecule has 2 aromatic carbocycles. The summed E-state index contributed by atoms with van der Waals surface area (Å²) in [4.78, 5) is 62.8. The summed E-state index contributed by atoms with van der Waals surface area (Å²) < 4.78 is 0. The normalized spacial score (nSPS) is 14.6. The second-order valence-electron chi connectivity index (χ2n) is 11.0. The van der Waals surface area contributed by atoms with Crippen molar-refractivity contribution < 1.29 is 24.3 Å². The molecule has 0 aliphatic rings. The highest BCUT2D eigenvalue weighted by Crippen LogP contribution is 2.19. The van der Waals surface area contributed by atoms with Gasteiger partial charge >= 0.3 is 5.97 Å². The number of aromatic nitrogens is 3. The Morgan fingerprint density at radius 2 is 1.48 bits per heavy atom. The summed E-state index contributed by atoms with van der Waals surface area (Å²) in [5.41, 5.74) is 9.07. The highest BCUT2D eigenvalue weighted by Gasteiger charge is 2.32. The number of nitrogens with two attached hydrogens (primary N) is 1. The summed E-state index contributed by atoms with van der Waals surface area (Å²) in [6.07, 6.45) is 5.62. The van der Waals surface area contributed by atoms with Crippen molar-refractivity contribution in [2.24, 2.45) is 11.7 Å². The van der Waals surface area contributed by atoms with Crippen LogP contribution in [0.3, 0.4) is 0 Å². The molecule has 0 aliphatic heterocycles. The maximum absolute atomic E-state index is 13.8. The third kappa shape index (κ3) is 8.32. The molecule has 5 unspecified atom stereocenters. The molecule has 2 aromatic heterocycles. The Hall–Kier alpha value is -4.97. The summed E-state index contributed by atoms with van der Waals surface area (Å²) in [5, 5.41) is 18.9. The van der Waals surface area contributed by atoms with Gasteiger partial charge in [0.1, 0.15) is 18.1 Å². The fraction of sp³-hybridized carbons (Fsp3) is 0.344. The lowest BCUT2D eigenvalue weighted by atomic mass is 9.98. The Labute approximate surface area is 255 Å². The monoisotopic (exact) mass is 601 g/mol. The van der Waals surface area contributed by atoms with Gasteiger partial charge < -0.3 is 36.8 Å². The van der Waals surface area contributed by atoms with Gasteiger partial charge in [0.05, 0.1) is 12.4 Å². The van der Waals surface area contributed by atoms with Gasteiger partial charge in [-0.3, -0.25) is 14.4 Å². The van der Waals surface area contributed by atoms with Crippen molar-refractivity contribution in [3.05, 3.63) is 90.1 Å². The van der Waals surface area contributed by atoms with Crippen LogP contribution in [0.5, 0.6) is 0 Å². The van der Waals surface area contributed by atoms with Crippen LogP contribution in [-0.4, -0.2) is 67.9 Å². The van der Waals surface area contributed by atoms with E-state index in [4.69, 9.17) is 5.73 Å². The molecule has 5 atom stereocenters. The van der Waals surface area contributed by atoms with Gasteiger partial charge in [0.25, 0.3) is 0 Å². The lowest BCUT2D eigenvalue weighted by Crippen LogP contribution is -2.58. The van der Waals surface area contributed by atoms with Gasteiger partial charge in [-0.25, -0.2) is 9.78 Å². The molecule has 232 valence electrons. The fourth-order valence-corrected chi connectivity index (χ4v) is 4.93. The number of nitrogens with zero attached hydrogens (tertiary/aromatic N) is 1. The van der Waals surface area contributed by atoms with E-state index in [0.29, 0.717) is 12.1 Å². The van der Waals surface area contributed by atoms with Crippen molar-refractivity contribution >= 4 is 34.6 Å². The number of para-hydroxylation sites is 1. The van der Waals surface area contributed by atoms with Crippen LogP contribution in [-0.2, 0) is 38.4 Å². The maximum Gasteiger partial charge on any atom is 0.326 e. The molecule has 0 saturated heterocycles. The number of carboxylic acids is 1. The maximum atomic E-state index is 13.8. The lowest BCUT2D eigenvalue weighted by molar-refractivity contribution is -0.142. The lowest BCUT2D eigenvalue weighted by Gasteiger charge is -2.26. The Bertz CT molecular complexity index is 1550. The number of amides is 3. The number of H-pyrrole nitrogens is 2. The van der Waals surface area contributed by atoms with Crippen LogP contribution in [0.4, 0.5) is 0 Å². The first-order valence-electron chi connectivity index (χ1n) is 14.6. The van der Waals surface area contributed by atoms with Crippen LogP contribution in [0.2, 0.25) is 0 Å². The summed E-state index contributed by atoms with van der Waals surface area (Å²) in [6, 6.07) is 12.2. The number of imidazole rings is 1. The predicted octanol–water partition coefficient (Wildman–Crippen LogP) is 1.83. The summed E-state index contributed by atoms with van der Waals surface area (Å²) in [5.74, 6) is -3.12. The second kappa shape index (κ2) is 15.0. The van der Waals surface area contributed by atoms with E-state index in [1.807, 2.05) is 44.2 Å². The third-order valence-corrected chi connectivity index (χ3v) is 7.80. The number of carbonyl (C=O) groups excluding carboxylic acids is 3. The average molecular weight is 602 g/mol. The minimum atomic E-state index is -1.23. The highest BCUT2D eigenvalue weighted by atomic mass is 16.4. The largest absolute Gasteiger partial charge is 0.480 e. The molecule has 44 heavy (non-hydrogen) atoms. The predicted molar refractivity (Wildman–Crippen MR) is 165 cm³/mol. The number of rotatable bonds is 15. The number of carbonyl (C=O) groups is 4. The van der Waals surface area contributed by atoms with E-state index in [9.17, 15) is 24.3 Å². The van der Waals surface area contributed by atoms with Gasteiger partial charge in [-0.05, 0) is 23.1 Å². The molecule has 0 bridgehead atoms. The van der Waals surface area contributed by atoms with Gasteiger partial charge in [-0.2, -0.15) is 0 Å². The van der Waals surface area contributed by atoms with Gasteiger partial charge in [0.15, 0.2) is 0 Å². The van der Waals surface area contributed by atoms with Crippen LogP contribution in [0.1, 0.15) is 37.1 Å². The van der Waals surface area contributed by atoms with Gasteiger partial charge in [-0.1, -0.05) is 68.8 Å². The molecular weight excluding hydrogens is 562 g/mol. The first kappa shape index (κ1) is 32.0. The van der Waals surface area contributed by atoms with E-state index in [2.05, 4.69) is 30.9 Å². The van der Waals surface area contributed by atoms with E-state index in [-0.39, 0.29) is 25.2 Å². The third-order valence-electron chi connectivity index (χ3n) is 7.80. The number of nitrogens with one attached hydrogen (secondary N) is 5. The number of benzene rings is 2. The Morgan fingerprint density at radius 3 is 2.14 bits per heavy atom. The van der Waals surface area contributed by atoms with Crippen LogP contribution in [0.25, 0.3) is 10.9 Å². The number of hydrogen-bond acceptors (Lipinski definition) is 6. The first-order valence-corrected chi connectivity index (χ1v) is 14.6. The quantitative estimate of drug-likeness (QED) is 0.108. The fourth-order valence-electron chi connectivity index (χ4n) is 4.93. The van der Waals surface area contributed by atoms with Crippen LogP contribution in [0.15, 0.2) is 73.3 Å². The molecule has 0 fully saturated rings. The summed E-state index contributed by atoms with van der Waals surface area (Å²) >= 11 is 0. The number of fused-ring (bicyclic) bond motifs is 1. The topological polar surface area (TPSA) is 195 Å². The van der Waals surface area contributed by atoms with Gasteiger partial charge in [-0.15, -0.1) is 0 Å². The molecular formula is C32H39N7O5. The zero-order valence-electron chi connectivity index (χ0n) is 24.7. The molecule has 2 heterocycles. The van der Waals surface area contributed by atoms with Crippen molar-refractivity contribution in [3.8, 4) is 0 Å². The minimum absolute atomic E-state index is 0.0572. The van der Waals surface area contributed by atoms with E-state index >= 15 is 0 Å². The second-order valence-corrected chi connectivity index (χ2v) is 11.0. The summed E-state index contributed by atoms with van der Waals surface area (Å²) in [6.45, 7) is 3.77. The smallest absolute Gasteiger partial charge is 0.326 e.